The molecule has 0 fully saturated rings. The van der Waals surface area contributed by atoms with Crippen molar-refractivity contribution in [3.63, 3.8) is 0 Å². The van der Waals surface area contributed by atoms with Crippen molar-refractivity contribution in [3.8, 4) is 5.69 Å². The van der Waals surface area contributed by atoms with Crippen LogP contribution < -0.4 is 10.7 Å². The van der Waals surface area contributed by atoms with Gasteiger partial charge < -0.3 is 14.5 Å². The van der Waals surface area contributed by atoms with Crippen LogP contribution >= 0.6 is 0 Å². The molecule has 0 saturated carbocycles. The van der Waals surface area contributed by atoms with Crippen LogP contribution in [0.15, 0.2) is 211 Å². The molecule has 4 heteroatoms. The molecule has 0 radical (unpaired) electrons. The Morgan fingerprint density at radius 3 is 1.65 bits per heavy atom. The number of rotatable bonds is 5. The first-order valence-electron chi connectivity index (χ1n) is 18.4. The number of aromatic nitrogens is 3. The molecule has 0 aliphatic carbocycles. The van der Waals surface area contributed by atoms with Gasteiger partial charge in [-0.25, -0.2) is 4.99 Å². The molecule has 1 atom stereocenters. The monoisotopic (exact) mass is 692 g/mol. The van der Waals surface area contributed by atoms with Crippen LogP contribution in [0.25, 0.3) is 22.4 Å². The maximum Gasteiger partial charge on any atom is 0.0737 e. The predicted molar refractivity (Wildman–Crippen MR) is 220 cm³/mol. The zero-order valence-corrected chi connectivity index (χ0v) is 29.5. The number of para-hydroxylation sites is 1. The van der Waals surface area contributed by atoms with E-state index in [4.69, 9.17) is 4.99 Å². The average molecular weight is 693 g/mol. The van der Waals surface area contributed by atoms with Gasteiger partial charge in [0.25, 0.3) is 0 Å². The molecule has 8 bridgehead atoms. The van der Waals surface area contributed by atoms with E-state index in [2.05, 4.69) is 215 Å². The Morgan fingerprint density at radius 2 is 1.00 bits per heavy atom. The maximum atomic E-state index is 5.42. The highest BCUT2D eigenvalue weighted by molar-refractivity contribution is 6.30. The summed E-state index contributed by atoms with van der Waals surface area (Å²) in [6.07, 6.45) is 4.32. The first-order chi connectivity index (χ1) is 26.8. The lowest BCUT2D eigenvalue weighted by Crippen LogP contribution is -2.20. The summed E-state index contributed by atoms with van der Waals surface area (Å²) in [5, 5.41) is 2.03. The van der Waals surface area contributed by atoms with Gasteiger partial charge in [-0.15, -0.1) is 0 Å². The summed E-state index contributed by atoms with van der Waals surface area (Å²) >= 11 is 0. The number of allylic oxidation sites excluding steroid dienone is 2. The van der Waals surface area contributed by atoms with E-state index in [1.165, 1.54) is 5.56 Å². The van der Waals surface area contributed by atoms with Crippen LogP contribution in [-0.2, 0) is 0 Å². The minimum Gasteiger partial charge on any atom is -0.357 e. The van der Waals surface area contributed by atoms with Crippen LogP contribution in [-0.4, -0.2) is 20.2 Å². The van der Waals surface area contributed by atoms with Gasteiger partial charge in [0.15, 0.2) is 0 Å². The van der Waals surface area contributed by atoms with E-state index in [-0.39, 0.29) is 5.92 Å². The Morgan fingerprint density at radius 1 is 0.444 bits per heavy atom. The van der Waals surface area contributed by atoms with Crippen molar-refractivity contribution in [3.05, 3.63) is 262 Å². The standard InChI is InChI=1S/C50H36N4/c1-6-16-34(17-7-1)47-39-26-27-40(51-39)48(35-18-8-2-9-19-35)42-29-31-44(53-42)50(37-22-12-4-13-23-37)46-33-32-45(54(46)38-24-14-5-15-25-38)49(36-20-10-3-11-21-36)43-30-28-41(47)52-43/h1-33,49,52-53H. The van der Waals surface area contributed by atoms with Crippen molar-refractivity contribution in [2.45, 2.75) is 5.92 Å². The van der Waals surface area contributed by atoms with Crippen molar-refractivity contribution in [1.82, 2.24) is 14.5 Å². The molecule has 2 aliphatic rings. The molecule has 10 rings (SSSR count). The molecule has 3 aromatic heterocycles. The number of aromatic amines is 2. The molecule has 2 aliphatic heterocycles. The third-order valence-corrected chi connectivity index (χ3v) is 10.5. The lowest BCUT2D eigenvalue weighted by Gasteiger charge is -2.22. The minimum atomic E-state index is -0.101. The molecule has 5 heterocycles. The van der Waals surface area contributed by atoms with Crippen LogP contribution in [0.4, 0.5) is 0 Å². The van der Waals surface area contributed by atoms with Gasteiger partial charge in [0.05, 0.1) is 23.0 Å². The summed E-state index contributed by atoms with van der Waals surface area (Å²) in [5.74, 6) is -0.101. The SMILES string of the molecule is C1=CC2=C(c3ccccc3)c3ccc([nH]3)C(c3ccccc3)c3ccc(n3-c3ccccc3)C(c3ccccc3)=c3ccc([nH]3)=C(c3ccccc3)C1=N2. The molecule has 0 spiro atoms. The zero-order chi connectivity index (χ0) is 35.8. The maximum absolute atomic E-state index is 5.42. The van der Waals surface area contributed by atoms with E-state index in [0.717, 1.165) is 84.0 Å². The van der Waals surface area contributed by atoms with E-state index in [9.17, 15) is 0 Å². The fourth-order valence-corrected chi connectivity index (χ4v) is 8.09. The van der Waals surface area contributed by atoms with Gasteiger partial charge >= 0.3 is 0 Å². The van der Waals surface area contributed by atoms with Gasteiger partial charge in [0.1, 0.15) is 0 Å². The van der Waals surface area contributed by atoms with E-state index in [1.54, 1.807) is 0 Å². The van der Waals surface area contributed by atoms with Crippen LogP contribution in [0.3, 0.4) is 0 Å². The second-order valence-corrected chi connectivity index (χ2v) is 13.7. The molecule has 4 nitrogen and oxygen atoms in total. The lowest BCUT2D eigenvalue weighted by atomic mass is 9.92. The molecule has 54 heavy (non-hydrogen) atoms. The molecule has 5 aromatic carbocycles. The Kier molecular flexibility index (Phi) is 7.85. The Balaban J connectivity index is 1.38. The van der Waals surface area contributed by atoms with Gasteiger partial charge in [0.2, 0.25) is 0 Å². The van der Waals surface area contributed by atoms with Gasteiger partial charge in [-0.05, 0) is 82.9 Å². The number of nitrogens with one attached hydrogen (secondary N) is 2. The molecule has 8 aromatic rings. The Labute approximate surface area is 314 Å². The zero-order valence-electron chi connectivity index (χ0n) is 29.5. The highest BCUT2D eigenvalue weighted by Gasteiger charge is 2.27. The van der Waals surface area contributed by atoms with E-state index in [0.29, 0.717) is 0 Å². The van der Waals surface area contributed by atoms with Crippen molar-refractivity contribution in [2.24, 2.45) is 4.99 Å². The largest absolute Gasteiger partial charge is 0.357 e. The van der Waals surface area contributed by atoms with Gasteiger partial charge in [-0.2, -0.15) is 0 Å². The summed E-state index contributed by atoms with van der Waals surface area (Å²) < 4.78 is 2.45. The average Bonchev–Trinajstić information content (AvgIpc) is 4.07. The van der Waals surface area contributed by atoms with Crippen molar-refractivity contribution < 1.29 is 0 Å². The molecular formula is C50H36N4. The van der Waals surface area contributed by atoms with Gasteiger partial charge in [-0.1, -0.05) is 140 Å². The summed E-state index contributed by atoms with van der Waals surface area (Å²) in [4.78, 5) is 13.3. The van der Waals surface area contributed by atoms with Gasteiger partial charge in [0, 0.05) is 50.2 Å². The third-order valence-electron chi connectivity index (χ3n) is 10.5. The molecule has 1 unspecified atom stereocenters. The van der Waals surface area contributed by atoms with Crippen molar-refractivity contribution in [2.75, 3.05) is 0 Å². The molecule has 0 saturated heterocycles. The molecular weight excluding hydrogens is 657 g/mol. The Hall–Kier alpha value is -7.17. The number of benzene rings is 5. The highest BCUT2D eigenvalue weighted by atomic mass is 15.0. The van der Waals surface area contributed by atoms with Crippen molar-refractivity contribution >= 4 is 22.4 Å². The van der Waals surface area contributed by atoms with Crippen LogP contribution in [0.1, 0.15) is 50.9 Å². The first-order valence-corrected chi connectivity index (χ1v) is 18.4. The van der Waals surface area contributed by atoms with E-state index < -0.39 is 0 Å². The number of H-pyrrole nitrogens is 2. The Bertz CT molecular complexity index is 2830. The smallest absolute Gasteiger partial charge is 0.0737 e. The first kappa shape index (κ1) is 31.6. The number of hydrogen-bond donors (Lipinski definition) is 2. The topological polar surface area (TPSA) is 48.9 Å². The lowest BCUT2D eigenvalue weighted by molar-refractivity contribution is 0.834. The summed E-state index contributed by atoms with van der Waals surface area (Å²) in [7, 11) is 0. The fourth-order valence-electron chi connectivity index (χ4n) is 8.09. The summed E-state index contributed by atoms with van der Waals surface area (Å²) in [5.41, 5.74) is 15.1. The van der Waals surface area contributed by atoms with Crippen LogP contribution in [0.2, 0.25) is 0 Å². The van der Waals surface area contributed by atoms with Gasteiger partial charge in [-0.3, -0.25) is 0 Å². The number of fused-ring (bicyclic) bond motifs is 7. The molecule has 2 N–H and O–H groups in total. The molecule has 0 amide bonds. The summed E-state index contributed by atoms with van der Waals surface area (Å²) in [6, 6.07) is 67.0. The summed E-state index contributed by atoms with van der Waals surface area (Å²) in [6.45, 7) is 0. The van der Waals surface area contributed by atoms with Crippen LogP contribution in [0, 0.1) is 0 Å². The quantitative estimate of drug-likeness (QED) is 0.181. The number of hydrogen-bond acceptors (Lipinski definition) is 1. The van der Waals surface area contributed by atoms with Crippen LogP contribution in [0.5, 0.6) is 0 Å². The fraction of sp³-hybridized carbons (Fsp3) is 0.0200. The van der Waals surface area contributed by atoms with E-state index in [1.807, 2.05) is 0 Å². The highest BCUT2D eigenvalue weighted by Crippen LogP contribution is 2.39. The number of aliphatic imine (C=N–C) groups is 1. The minimum absolute atomic E-state index is 0.101. The second kappa shape index (κ2) is 13.4. The van der Waals surface area contributed by atoms with Crippen molar-refractivity contribution in [1.29, 1.82) is 0 Å². The molecule has 256 valence electrons. The van der Waals surface area contributed by atoms with E-state index >= 15 is 0 Å². The third kappa shape index (κ3) is 5.53. The second-order valence-electron chi connectivity index (χ2n) is 13.7. The predicted octanol–water partition coefficient (Wildman–Crippen LogP) is 9.54. The normalized spacial score (nSPS) is 15.1. The number of nitrogens with zero attached hydrogens (tertiary/aromatic N) is 2.